The number of nitrogens with zero attached hydrogens (tertiary/aromatic N) is 2. The molecule has 0 atom stereocenters. The van der Waals surface area contributed by atoms with Gasteiger partial charge in [-0.1, -0.05) is 36.4 Å². The minimum absolute atomic E-state index is 0.0807. The third-order valence-corrected chi connectivity index (χ3v) is 5.34. The second-order valence-electron chi connectivity index (χ2n) is 6.24. The summed E-state index contributed by atoms with van der Waals surface area (Å²) in [6, 6.07) is 14.5. The van der Waals surface area contributed by atoms with Gasteiger partial charge in [0.15, 0.2) is 0 Å². The zero-order chi connectivity index (χ0) is 17.2. The van der Waals surface area contributed by atoms with Crippen molar-refractivity contribution in [3.05, 3.63) is 54.1 Å². The van der Waals surface area contributed by atoms with Crippen molar-refractivity contribution in [1.29, 1.82) is 0 Å². The van der Waals surface area contributed by atoms with Gasteiger partial charge >= 0.3 is 0 Å². The van der Waals surface area contributed by atoms with Crippen molar-refractivity contribution >= 4 is 10.1 Å². The van der Waals surface area contributed by atoms with E-state index in [0.717, 1.165) is 43.9 Å². The van der Waals surface area contributed by atoms with Crippen LogP contribution in [0.4, 0.5) is 0 Å². The molecular formula is C18H22N2O3S. The van der Waals surface area contributed by atoms with Crippen LogP contribution in [0.25, 0.3) is 11.1 Å². The first-order chi connectivity index (χ1) is 11.4. The second-order valence-corrected chi connectivity index (χ2v) is 7.66. The molecule has 3 rings (SSSR count). The average Bonchev–Trinajstić information content (AvgIpc) is 2.57. The summed E-state index contributed by atoms with van der Waals surface area (Å²) < 4.78 is 31.5. The summed E-state index contributed by atoms with van der Waals surface area (Å²) in [6.45, 7) is 5.12. The van der Waals surface area contributed by atoms with Crippen molar-refractivity contribution < 1.29 is 13.0 Å². The lowest BCUT2D eigenvalue weighted by molar-refractivity contribution is 0.148. The molecule has 5 nitrogen and oxygen atoms in total. The van der Waals surface area contributed by atoms with Gasteiger partial charge in [-0.3, -0.25) is 9.45 Å². The lowest BCUT2D eigenvalue weighted by Crippen LogP contribution is -2.43. The summed E-state index contributed by atoms with van der Waals surface area (Å²) >= 11 is 0. The molecule has 1 saturated heterocycles. The van der Waals surface area contributed by atoms with Crippen molar-refractivity contribution in [3.8, 4) is 11.1 Å². The smallest absolute Gasteiger partial charge is 0.294 e. The van der Waals surface area contributed by atoms with E-state index < -0.39 is 10.1 Å². The first kappa shape index (κ1) is 17.1. The van der Waals surface area contributed by atoms with Gasteiger partial charge in [-0.2, -0.15) is 8.42 Å². The summed E-state index contributed by atoms with van der Waals surface area (Å²) in [5.41, 5.74) is 3.27. The Hall–Kier alpha value is -1.73. The van der Waals surface area contributed by atoms with E-state index in [1.807, 2.05) is 18.2 Å². The molecule has 2 aromatic rings. The van der Waals surface area contributed by atoms with Crippen LogP contribution in [0.5, 0.6) is 0 Å². The van der Waals surface area contributed by atoms with Crippen molar-refractivity contribution in [2.24, 2.45) is 0 Å². The van der Waals surface area contributed by atoms with Gasteiger partial charge < -0.3 is 4.90 Å². The van der Waals surface area contributed by atoms with Gasteiger partial charge in [-0.15, -0.1) is 0 Å². The Bertz CT molecular complexity index is 795. The Kier molecular flexibility index (Phi) is 5.01. The number of likely N-dealkylation sites (N-methyl/N-ethyl adjacent to an activating group) is 1. The fourth-order valence-corrected chi connectivity index (χ4v) is 3.47. The first-order valence-corrected chi connectivity index (χ1v) is 9.44. The molecule has 0 unspecified atom stereocenters. The van der Waals surface area contributed by atoms with Crippen LogP contribution < -0.4 is 0 Å². The van der Waals surface area contributed by atoms with Gasteiger partial charge in [0.05, 0.1) is 4.90 Å². The summed E-state index contributed by atoms with van der Waals surface area (Å²) in [5, 5.41) is 0. The SMILES string of the molecule is CN1CCN(Cc2ccccc2-c2ccc(S(=O)(=O)O)cc2)CC1. The quantitative estimate of drug-likeness (QED) is 0.861. The normalized spacial score (nSPS) is 17.1. The van der Waals surface area contributed by atoms with Gasteiger partial charge in [-0.25, -0.2) is 0 Å². The number of piperazine rings is 1. The standard InChI is InChI=1S/C18H22N2O3S/c1-19-10-12-20(13-11-19)14-16-4-2-3-5-18(16)15-6-8-17(9-7-15)24(21,22)23/h2-9H,10-14H2,1H3,(H,21,22,23). The molecule has 0 aliphatic carbocycles. The topological polar surface area (TPSA) is 60.9 Å². The van der Waals surface area contributed by atoms with E-state index >= 15 is 0 Å². The molecule has 6 heteroatoms. The van der Waals surface area contributed by atoms with E-state index in [2.05, 4.69) is 22.9 Å². The highest BCUT2D eigenvalue weighted by Crippen LogP contribution is 2.26. The highest BCUT2D eigenvalue weighted by molar-refractivity contribution is 7.85. The van der Waals surface area contributed by atoms with E-state index in [1.165, 1.54) is 17.7 Å². The first-order valence-electron chi connectivity index (χ1n) is 8.00. The van der Waals surface area contributed by atoms with Gasteiger partial charge in [-0.05, 0) is 35.9 Å². The minimum Gasteiger partial charge on any atom is -0.304 e. The zero-order valence-corrected chi connectivity index (χ0v) is 14.5. The molecule has 2 aromatic carbocycles. The Balaban J connectivity index is 1.84. The van der Waals surface area contributed by atoms with Crippen LogP contribution in [0.3, 0.4) is 0 Å². The fourth-order valence-electron chi connectivity index (χ4n) is 2.99. The molecule has 0 bridgehead atoms. The van der Waals surface area contributed by atoms with Crippen LogP contribution in [0.2, 0.25) is 0 Å². The minimum atomic E-state index is -4.15. The van der Waals surface area contributed by atoms with Crippen LogP contribution in [-0.4, -0.2) is 56.0 Å². The molecule has 1 aliphatic rings. The molecular weight excluding hydrogens is 324 g/mol. The molecule has 1 N–H and O–H groups in total. The van der Waals surface area contributed by atoms with Gasteiger partial charge in [0.1, 0.15) is 0 Å². The maximum Gasteiger partial charge on any atom is 0.294 e. The predicted octanol–water partition coefficient (Wildman–Crippen LogP) is 2.35. The summed E-state index contributed by atoms with van der Waals surface area (Å²) in [6.07, 6.45) is 0. The number of hydrogen-bond acceptors (Lipinski definition) is 4. The van der Waals surface area contributed by atoms with Gasteiger partial charge in [0, 0.05) is 32.7 Å². The molecule has 0 saturated carbocycles. The third kappa shape index (κ3) is 4.02. The molecule has 24 heavy (non-hydrogen) atoms. The van der Waals surface area contributed by atoms with E-state index in [0.29, 0.717) is 0 Å². The lowest BCUT2D eigenvalue weighted by atomic mass is 9.99. The number of benzene rings is 2. The maximum absolute atomic E-state index is 11.2. The largest absolute Gasteiger partial charge is 0.304 e. The van der Waals surface area contributed by atoms with Crippen molar-refractivity contribution in [3.63, 3.8) is 0 Å². The third-order valence-electron chi connectivity index (χ3n) is 4.47. The van der Waals surface area contributed by atoms with Crippen molar-refractivity contribution in [2.75, 3.05) is 33.2 Å². The molecule has 1 fully saturated rings. The zero-order valence-electron chi connectivity index (χ0n) is 13.7. The number of rotatable bonds is 4. The lowest BCUT2D eigenvalue weighted by Gasteiger charge is -2.32. The molecule has 0 radical (unpaired) electrons. The molecule has 0 amide bonds. The highest BCUT2D eigenvalue weighted by Gasteiger charge is 2.16. The van der Waals surface area contributed by atoms with Crippen molar-refractivity contribution in [1.82, 2.24) is 9.80 Å². The fraction of sp³-hybridized carbons (Fsp3) is 0.333. The van der Waals surface area contributed by atoms with Crippen LogP contribution >= 0.6 is 0 Å². The maximum atomic E-state index is 11.2. The van der Waals surface area contributed by atoms with Crippen LogP contribution in [0, 0.1) is 0 Å². The van der Waals surface area contributed by atoms with Crippen LogP contribution in [-0.2, 0) is 16.7 Å². The average molecular weight is 346 g/mol. The van der Waals surface area contributed by atoms with Crippen LogP contribution in [0.1, 0.15) is 5.56 Å². The van der Waals surface area contributed by atoms with Crippen molar-refractivity contribution in [2.45, 2.75) is 11.4 Å². The molecule has 0 spiro atoms. The van der Waals surface area contributed by atoms with Gasteiger partial charge in [0.2, 0.25) is 0 Å². The van der Waals surface area contributed by atoms with E-state index in [1.54, 1.807) is 12.1 Å². The number of hydrogen-bond donors (Lipinski definition) is 1. The Morgan fingerprint density at radius 3 is 2.21 bits per heavy atom. The summed E-state index contributed by atoms with van der Waals surface area (Å²) in [4.78, 5) is 4.68. The summed E-state index contributed by atoms with van der Waals surface area (Å²) in [7, 11) is -2.01. The molecule has 1 aliphatic heterocycles. The Morgan fingerprint density at radius 1 is 0.958 bits per heavy atom. The monoisotopic (exact) mass is 346 g/mol. The second kappa shape index (κ2) is 7.03. The Labute approximate surface area is 143 Å². The van der Waals surface area contributed by atoms with Crippen LogP contribution in [0.15, 0.2) is 53.4 Å². The molecule has 1 heterocycles. The summed E-state index contributed by atoms with van der Waals surface area (Å²) in [5.74, 6) is 0. The van der Waals surface area contributed by atoms with E-state index in [9.17, 15) is 8.42 Å². The van der Waals surface area contributed by atoms with E-state index in [4.69, 9.17) is 4.55 Å². The van der Waals surface area contributed by atoms with E-state index in [-0.39, 0.29) is 4.90 Å². The predicted molar refractivity (Wildman–Crippen MR) is 94.5 cm³/mol. The highest BCUT2D eigenvalue weighted by atomic mass is 32.2. The molecule has 0 aromatic heterocycles. The van der Waals surface area contributed by atoms with Gasteiger partial charge in [0.25, 0.3) is 10.1 Å². The Morgan fingerprint density at radius 2 is 1.58 bits per heavy atom. The molecule has 128 valence electrons.